The molecule has 0 aromatic heterocycles. The Bertz CT molecular complexity index is 374. The summed E-state index contributed by atoms with van der Waals surface area (Å²) in [5.41, 5.74) is 7.71. The summed E-state index contributed by atoms with van der Waals surface area (Å²) in [5.74, 6) is 0.478. The molecule has 16 heavy (non-hydrogen) atoms. The predicted molar refractivity (Wildman–Crippen MR) is 63.1 cm³/mol. The smallest absolute Gasteiger partial charge is 0.120 e. The van der Waals surface area contributed by atoms with E-state index < -0.39 is 12.1 Å². The van der Waals surface area contributed by atoms with E-state index in [0.717, 1.165) is 18.4 Å². The van der Waals surface area contributed by atoms with Crippen molar-refractivity contribution in [3.8, 4) is 5.75 Å². The number of hydrogen-bond donors (Lipinski definition) is 3. The fourth-order valence-corrected chi connectivity index (χ4v) is 2.20. The zero-order valence-corrected chi connectivity index (χ0v) is 9.56. The van der Waals surface area contributed by atoms with Gasteiger partial charge in [0.1, 0.15) is 5.75 Å². The molecule has 2 rings (SSSR count). The van der Waals surface area contributed by atoms with Crippen molar-refractivity contribution in [2.24, 2.45) is 11.7 Å². The highest BCUT2D eigenvalue weighted by Gasteiger charge is 2.31. The van der Waals surface area contributed by atoms with Gasteiger partial charge in [-0.05, 0) is 31.7 Å². The van der Waals surface area contributed by atoms with Crippen LogP contribution in [0.2, 0.25) is 0 Å². The van der Waals surface area contributed by atoms with Crippen LogP contribution >= 0.6 is 0 Å². The summed E-state index contributed by atoms with van der Waals surface area (Å²) in [6, 6.07) is 4.84. The number of nitrogens with two attached hydrogens (primary N) is 1. The number of rotatable bonds is 3. The fourth-order valence-electron chi connectivity index (χ4n) is 2.20. The molecule has 0 spiro atoms. The third-order valence-electron chi connectivity index (χ3n) is 3.54. The standard InChI is InChI=1S/C13H19NO2/c1-8-5-6-11(15)10(7-8)12(14)13(16)9-3-2-4-9/h5-7,9,12-13,15-16H,2-4,14H2,1H3/t12-,13+/m1/s1. The first-order valence-electron chi connectivity index (χ1n) is 5.83. The van der Waals surface area contributed by atoms with Gasteiger partial charge in [-0.1, -0.05) is 24.1 Å². The topological polar surface area (TPSA) is 66.5 Å². The van der Waals surface area contributed by atoms with Gasteiger partial charge in [-0.2, -0.15) is 0 Å². The van der Waals surface area contributed by atoms with Crippen LogP contribution < -0.4 is 5.73 Å². The molecule has 1 aromatic rings. The number of aromatic hydroxyl groups is 1. The summed E-state index contributed by atoms with van der Waals surface area (Å²) >= 11 is 0. The normalized spacial score (nSPS) is 20.2. The lowest BCUT2D eigenvalue weighted by molar-refractivity contribution is 0.0407. The van der Waals surface area contributed by atoms with Gasteiger partial charge in [0.25, 0.3) is 0 Å². The first-order chi connectivity index (χ1) is 7.59. The Labute approximate surface area is 95.9 Å². The van der Waals surface area contributed by atoms with Gasteiger partial charge in [0.05, 0.1) is 12.1 Å². The van der Waals surface area contributed by atoms with Gasteiger partial charge in [0, 0.05) is 5.56 Å². The van der Waals surface area contributed by atoms with Crippen LogP contribution in [0.3, 0.4) is 0 Å². The van der Waals surface area contributed by atoms with Crippen molar-refractivity contribution in [1.29, 1.82) is 0 Å². The first kappa shape index (κ1) is 11.4. The average Bonchev–Trinajstić information content (AvgIpc) is 2.18. The van der Waals surface area contributed by atoms with E-state index in [4.69, 9.17) is 5.73 Å². The number of phenolic OH excluding ortho intramolecular Hbond substituents is 1. The largest absolute Gasteiger partial charge is 0.508 e. The number of phenols is 1. The Morgan fingerprint density at radius 1 is 1.38 bits per heavy atom. The van der Waals surface area contributed by atoms with Gasteiger partial charge in [-0.15, -0.1) is 0 Å². The Balaban J connectivity index is 2.18. The van der Waals surface area contributed by atoms with E-state index in [0.29, 0.717) is 11.5 Å². The number of benzene rings is 1. The van der Waals surface area contributed by atoms with E-state index in [2.05, 4.69) is 0 Å². The molecule has 0 bridgehead atoms. The lowest BCUT2D eigenvalue weighted by atomic mass is 9.77. The number of hydrogen-bond acceptors (Lipinski definition) is 3. The monoisotopic (exact) mass is 221 g/mol. The highest BCUT2D eigenvalue weighted by molar-refractivity contribution is 5.38. The summed E-state index contributed by atoms with van der Waals surface area (Å²) in [5, 5.41) is 19.8. The van der Waals surface area contributed by atoms with Crippen molar-refractivity contribution in [2.45, 2.75) is 38.3 Å². The molecule has 1 aliphatic rings. The maximum Gasteiger partial charge on any atom is 0.120 e. The molecule has 1 fully saturated rings. The van der Waals surface area contributed by atoms with Crippen molar-refractivity contribution in [3.63, 3.8) is 0 Å². The zero-order valence-electron chi connectivity index (χ0n) is 9.56. The number of aliphatic hydroxyl groups excluding tert-OH is 1. The quantitative estimate of drug-likeness (QED) is 0.730. The van der Waals surface area contributed by atoms with Crippen LogP contribution in [0.1, 0.15) is 36.4 Å². The molecular formula is C13H19NO2. The van der Waals surface area contributed by atoms with Gasteiger partial charge >= 0.3 is 0 Å². The SMILES string of the molecule is Cc1ccc(O)c([C@@H](N)[C@@H](O)C2CCC2)c1. The van der Waals surface area contributed by atoms with E-state index in [1.165, 1.54) is 6.42 Å². The summed E-state index contributed by atoms with van der Waals surface area (Å²) in [6.07, 6.45) is 2.72. The van der Waals surface area contributed by atoms with Crippen LogP contribution in [0, 0.1) is 12.8 Å². The molecule has 0 radical (unpaired) electrons. The molecule has 1 aliphatic carbocycles. The van der Waals surface area contributed by atoms with Gasteiger partial charge in [-0.3, -0.25) is 0 Å². The minimum absolute atomic E-state index is 0.177. The molecule has 0 saturated heterocycles. The Morgan fingerprint density at radius 3 is 2.62 bits per heavy atom. The molecule has 3 nitrogen and oxygen atoms in total. The van der Waals surface area contributed by atoms with Crippen LogP contribution in [-0.4, -0.2) is 16.3 Å². The lowest BCUT2D eigenvalue weighted by Crippen LogP contribution is -2.36. The number of aliphatic hydroxyl groups is 1. The zero-order chi connectivity index (χ0) is 11.7. The highest BCUT2D eigenvalue weighted by atomic mass is 16.3. The van der Waals surface area contributed by atoms with Crippen molar-refractivity contribution in [2.75, 3.05) is 0 Å². The highest BCUT2D eigenvalue weighted by Crippen LogP contribution is 2.36. The predicted octanol–water partition coefficient (Wildman–Crippen LogP) is 1.86. The third-order valence-corrected chi connectivity index (χ3v) is 3.54. The van der Waals surface area contributed by atoms with Crippen LogP contribution in [0.4, 0.5) is 0 Å². The van der Waals surface area contributed by atoms with E-state index in [9.17, 15) is 10.2 Å². The summed E-state index contributed by atoms with van der Waals surface area (Å²) in [6.45, 7) is 1.95. The molecule has 3 heteroatoms. The Kier molecular flexibility index (Phi) is 3.17. The summed E-state index contributed by atoms with van der Waals surface area (Å²) < 4.78 is 0. The van der Waals surface area contributed by atoms with Crippen LogP contribution in [-0.2, 0) is 0 Å². The van der Waals surface area contributed by atoms with E-state index >= 15 is 0 Å². The Morgan fingerprint density at radius 2 is 2.06 bits per heavy atom. The van der Waals surface area contributed by atoms with E-state index in [1.54, 1.807) is 6.07 Å². The minimum Gasteiger partial charge on any atom is -0.508 e. The van der Waals surface area contributed by atoms with Crippen molar-refractivity contribution in [3.05, 3.63) is 29.3 Å². The maximum absolute atomic E-state index is 10.1. The summed E-state index contributed by atoms with van der Waals surface area (Å²) in [7, 11) is 0. The van der Waals surface area contributed by atoms with Crippen LogP contribution in [0.15, 0.2) is 18.2 Å². The van der Waals surface area contributed by atoms with Gasteiger partial charge in [-0.25, -0.2) is 0 Å². The van der Waals surface area contributed by atoms with Crippen LogP contribution in [0.25, 0.3) is 0 Å². The molecule has 4 N–H and O–H groups in total. The second-order valence-corrected chi connectivity index (χ2v) is 4.77. The second-order valence-electron chi connectivity index (χ2n) is 4.77. The molecule has 0 unspecified atom stereocenters. The summed E-state index contributed by atoms with van der Waals surface area (Å²) in [4.78, 5) is 0. The second kappa shape index (κ2) is 4.44. The molecule has 0 amide bonds. The molecule has 88 valence electrons. The van der Waals surface area contributed by atoms with E-state index in [1.807, 2.05) is 19.1 Å². The fraction of sp³-hybridized carbons (Fsp3) is 0.538. The average molecular weight is 221 g/mol. The maximum atomic E-state index is 10.1. The first-order valence-corrected chi connectivity index (χ1v) is 5.83. The Hall–Kier alpha value is -1.06. The molecule has 1 aromatic carbocycles. The minimum atomic E-state index is -0.540. The molecule has 1 saturated carbocycles. The molecular weight excluding hydrogens is 202 g/mol. The van der Waals surface area contributed by atoms with Crippen molar-refractivity contribution >= 4 is 0 Å². The van der Waals surface area contributed by atoms with Gasteiger partial charge in [0.15, 0.2) is 0 Å². The lowest BCUT2D eigenvalue weighted by Gasteiger charge is -2.34. The van der Waals surface area contributed by atoms with Gasteiger partial charge < -0.3 is 15.9 Å². The third kappa shape index (κ3) is 2.06. The van der Waals surface area contributed by atoms with E-state index in [-0.39, 0.29) is 5.75 Å². The van der Waals surface area contributed by atoms with Crippen LogP contribution in [0.5, 0.6) is 5.75 Å². The molecule has 0 aliphatic heterocycles. The molecule has 0 heterocycles. The van der Waals surface area contributed by atoms with Gasteiger partial charge in [0.2, 0.25) is 0 Å². The number of aryl methyl sites for hydroxylation is 1. The molecule has 2 atom stereocenters. The van der Waals surface area contributed by atoms with Crippen molar-refractivity contribution < 1.29 is 10.2 Å². The van der Waals surface area contributed by atoms with Crippen molar-refractivity contribution in [1.82, 2.24) is 0 Å².